The van der Waals surface area contributed by atoms with Crippen LogP contribution in [0.25, 0.3) is 10.9 Å². The molecule has 1 saturated heterocycles. The minimum atomic E-state index is -0.513. The highest BCUT2D eigenvalue weighted by Crippen LogP contribution is 2.21. The quantitative estimate of drug-likeness (QED) is 0.910. The smallest absolute Gasteiger partial charge is 0.410 e. The van der Waals surface area contributed by atoms with Gasteiger partial charge >= 0.3 is 6.09 Å². The van der Waals surface area contributed by atoms with Crippen LogP contribution in [0.4, 0.5) is 4.79 Å². The molecule has 0 spiro atoms. The highest BCUT2D eigenvalue weighted by molar-refractivity contribution is 5.98. The molecule has 6 nitrogen and oxygen atoms in total. The van der Waals surface area contributed by atoms with Crippen molar-refractivity contribution in [2.24, 2.45) is 0 Å². The van der Waals surface area contributed by atoms with Crippen LogP contribution in [-0.4, -0.2) is 58.6 Å². The lowest BCUT2D eigenvalue weighted by Gasteiger charge is -2.26. The van der Waals surface area contributed by atoms with Crippen LogP contribution in [0.1, 0.15) is 37.7 Å². The fourth-order valence-electron chi connectivity index (χ4n) is 3.09. The van der Waals surface area contributed by atoms with Crippen LogP contribution in [0.3, 0.4) is 0 Å². The predicted octanol–water partition coefficient (Wildman–Crippen LogP) is 3.25. The van der Waals surface area contributed by atoms with Crippen LogP contribution in [0.2, 0.25) is 0 Å². The summed E-state index contributed by atoms with van der Waals surface area (Å²) < 4.78 is 5.41. The van der Waals surface area contributed by atoms with Crippen LogP contribution in [0.5, 0.6) is 0 Å². The molecule has 1 aliphatic heterocycles. The Labute approximate surface area is 147 Å². The fraction of sp³-hybridized carbons (Fsp3) is 0.474. The zero-order valence-electron chi connectivity index (χ0n) is 15.2. The van der Waals surface area contributed by atoms with Crippen molar-refractivity contribution in [3.63, 3.8) is 0 Å². The lowest BCUT2D eigenvalue weighted by Crippen LogP contribution is -2.41. The molecule has 2 amide bonds. The molecule has 3 rings (SSSR count). The Morgan fingerprint density at radius 3 is 2.68 bits per heavy atom. The Kier molecular flexibility index (Phi) is 4.45. The molecular weight excluding hydrogens is 318 g/mol. The van der Waals surface area contributed by atoms with Crippen molar-refractivity contribution >= 4 is 22.9 Å². The van der Waals surface area contributed by atoms with E-state index < -0.39 is 5.60 Å². The second kappa shape index (κ2) is 6.43. The van der Waals surface area contributed by atoms with Crippen LogP contribution in [0, 0.1) is 0 Å². The third-order valence-electron chi connectivity index (χ3n) is 4.44. The third kappa shape index (κ3) is 3.78. The van der Waals surface area contributed by atoms with E-state index >= 15 is 0 Å². The van der Waals surface area contributed by atoms with E-state index in [9.17, 15) is 9.59 Å². The largest absolute Gasteiger partial charge is 0.444 e. The number of fused-ring (bicyclic) bond motifs is 1. The van der Waals surface area contributed by atoms with E-state index in [-0.39, 0.29) is 18.0 Å². The van der Waals surface area contributed by atoms with E-state index in [0.29, 0.717) is 18.8 Å². The van der Waals surface area contributed by atoms with Crippen molar-refractivity contribution in [3.8, 4) is 0 Å². The number of aromatic nitrogens is 1. The first-order valence-electron chi connectivity index (χ1n) is 8.57. The number of nitrogens with one attached hydrogen (secondary N) is 1. The molecule has 0 unspecified atom stereocenters. The number of para-hydroxylation sites is 1. The summed E-state index contributed by atoms with van der Waals surface area (Å²) in [6.07, 6.45) is 0.434. The van der Waals surface area contributed by atoms with E-state index in [0.717, 1.165) is 17.3 Å². The van der Waals surface area contributed by atoms with Gasteiger partial charge in [0.1, 0.15) is 11.3 Å². The van der Waals surface area contributed by atoms with Crippen molar-refractivity contribution < 1.29 is 14.3 Å². The molecule has 134 valence electrons. The second-order valence-corrected chi connectivity index (χ2v) is 7.56. The average molecular weight is 343 g/mol. The number of carbonyl (C=O) groups excluding carboxylic acids is 2. The summed E-state index contributed by atoms with van der Waals surface area (Å²) in [6.45, 7) is 6.65. The Hall–Kier alpha value is -2.50. The predicted molar refractivity (Wildman–Crippen MR) is 96.6 cm³/mol. The molecule has 0 aliphatic carbocycles. The molecule has 2 aromatic rings. The molecule has 0 radical (unpaired) electrons. The number of rotatable bonds is 2. The monoisotopic (exact) mass is 343 g/mol. The number of likely N-dealkylation sites (tertiary alicyclic amines) is 1. The molecule has 0 bridgehead atoms. The molecule has 1 aliphatic rings. The number of H-pyrrole nitrogens is 1. The van der Waals surface area contributed by atoms with Gasteiger partial charge in [-0.05, 0) is 39.3 Å². The molecule has 1 atom stereocenters. The van der Waals surface area contributed by atoms with Crippen molar-refractivity contribution in [2.75, 3.05) is 20.1 Å². The Balaban J connectivity index is 1.66. The van der Waals surface area contributed by atoms with E-state index in [2.05, 4.69) is 4.98 Å². The van der Waals surface area contributed by atoms with Gasteiger partial charge in [0.05, 0.1) is 6.04 Å². The molecule has 2 heterocycles. The first kappa shape index (κ1) is 17.3. The highest BCUT2D eigenvalue weighted by atomic mass is 16.6. The van der Waals surface area contributed by atoms with E-state index in [1.54, 1.807) is 16.8 Å². The van der Waals surface area contributed by atoms with Crippen LogP contribution < -0.4 is 0 Å². The number of amides is 2. The van der Waals surface area contributed by atoms with Gasteiger partial charge in [0.2, 0.25) is 0 Å². The number of benzene rings is 1. The van der Waals surface area contributed by atoms with E-state index in [1.165, 1.54) is 0 Å². The van der Waals surface area contributed by atoms with Crippen molar-refractivity contribution in [2.45, 2.75) is 38.8 Å². The van der Waals surface area contributed by atoms with Gasteiger partial charge in [-0.3, -0.25) is 4.79 Å². The van der Waals surface area contributed by atoms with Gasteiger partial charge in [0.25, 0.3) is 5.91 Å². The van der Waals surface area contributed by atoms with Gasteiger partial charge in [-0.25, -0.2) is 4.79 Å². The molecular formula is C19H25N3O3. The van der Waals surface area contributed by atoms with E-state index in [4.69, 9.17) is 4.74 Å². The van der Waals surface area contributed by atoms with Gasteiger partial charge in [-0.1, -0.05) is 18.2 Å². The Bertz CT molecular complexity index is 758. The van der Waals surface area contributed by atoms with E-state index in [1.807, 2.05) is 51.1 Å². The summed E-state index contributed by atoms with van der Waals surface area (Å²) in [6, 6.07) is 9.67. The van der Waals surface area contributed by atoms with Crippen LogP contribution in [-0.2, 0) is 4.74 Å². The second-order valence-electron chi connectivity index (χ2n) is 7.56. The zero-order chi connectivity index (χ0) is 18.2. The minimum absolute atomic E-state index is 0.00793. The highest BCUT2D eigenvalue weighted by Gasteiger charge is 2.33. The molecule has 1 N–H and O–H groups in total. The summed E-state index contributed by atoms with van der Waals surface area (Å²) in [5.41, 5.74) is 1.00. The Morgan fingerprint density at radius 2 is 2.00 bits per heavy atom. The summed E-state index contributed by atoms with van der Waals surface area (Å²) in [4.78, 5) is 31.5. The maximum atomic E-state index is 12.8. The number of hydrogen-bond donors (Lipinski definition) is 1. The van der Waals surface area contributed by atoms with Gasteiger partial charge in [0.15, 0.2) is 0 Å². The van der Waals surface area contributed by atoms with Crippen molar-refractivity contribution in [1.29, 1.82) is 0 Å². The number of carbonyl (C=O) groups is 2. The lowest BCUT2D eigenvalue weighted by molar-refractivity contribution is 0.0279. The van der Waals surface area contributed by atoms with Crippen molar-refractivity contribution in [3.05, 3.63) is 36.0 Å². The van der Waals surface area contributed by atoms with Crippen molar-refractivity contribution in [1.82, 2.24) is 14.8 Å². The molecule has 0 saturated carbocycles. The van der Waals surface area contributed by atoms with Gasteiger partial charge in [0, 0.05) is 31.0 Å². The number of nitrogens with zero attached hydrogens (tertiary/aromatic N) is 2. The number of hydrogen-bond acceptors (Lipinski definition) is 3. The molecule has 1 aromatic heterocycles. The molecule has 1 aromatic carbocycles. The molecule has 1 fully saturated rings. The normalized spacial score (nSPS) is 17.8. The topological polar surface area (TPSA) is 65.6 Å². The maximum Gasteiger partial charge on any atom is 0.410 e. The minimum Gasteiger partial charge on any atom is -0.444 e. The van der Waals surface area contributed by atoms with Crippen LogP contribution in [0.15, 0.2) is 30.3 Å². The fourth-order valence-corrected chi connectivity index (χ4v) is 3.09. The van der Waals surface area contributed by atoms with Gasteiger partial charge in [-0.2, -0.15) is 0 Å². The van der Waals surface area contributed by atoms with Gasteiger partial charge in [-0.15, -0.1) is 0 Å². The summed E-state index contributed by atoms with van der Waals surface area (Å²) in [7, 11) is 1.79. The lowest BCUT2D eigenvalue weighted by atomic mass is 10.2. The molecule has 6 heteroatoms. The number of ether oxygens (including phenoxy) is 1. The SMILES string of the molecule is CN(C(=O)c1cc2ccccc2[nH]1)[C@H]1CCN(C(=O)OC(C)(C)C)C1. The third-order valence-corrected chi connectivity index (χ3v) is 4.44. The summed E-state index contributed by atoms with van der Waals surface area (Å²) >= 11 is 0. The van der Waals surface area contributed by atoms with Gasteiger partial charge < -0.3 is 19.5 Å². The zero-order valence-corrected chi connectivity index (χ0v) is 15.2. The summed E-state index contributed by atoms with van der Waals surface area (Å²) in [5.74, 6) is -0.0627. The molecule has 25 heavy (non-hydrogen) atoms. The summed E-state index contributed by atoms with van der Waals surface area (Å²) in [5, 5.41) is 1.01. The first-order chi connectivity index (χ1) is 11.7. The number of likely N-dealkylation sites (N-methyl/N-ethyl adjacent to an activating group) is 1. The number of aromatic amines is 1. The first-order valence-corrected chi connectivity index (χ1v) is 8.57. The average Bonchev–Trinajstić information content (AvgIpc) is 3.18. The van der Waals surface area contributed by atoms with Crippen LogP contribution >= 0.6 is 0 Å². The maximum absolute atomic E-state index is 12.8. The Morgan fingerprint density at radius 1 is 1.28 bits per heavy atom. The standard InChI is InChI=1S/C19H25N3O3/c1-19(2,3)25-18(24)22-10-9-14(12-22)21(4)17(23)16-11-13-7-5-6-8-15(13)20-16/h5-8,11,14,20H,9-10,12H2,1-4H3/t14-/m0/s1.